The molecule has 1 atom stereocenters. The third-order valence-electron chi connectivity index (χ3n) is 5.52. The van der Waals surface area contributed by atoms with Gasteiger partial charge in [0.1, 0.15) is 11.2 Å². The van der Waals surface area contributed by atoms with Crippen LogP contribution in [0.15, 0.2) is 58.0 Å². The molecule has 0 spiro atoms. The first-order valence-corrected chi connectivity index (χ1v) is 9.90. The van der Waals surface area contributed by atoms with Gasteiger partial charge in [-0.25, -0.2) is 9.78 Å². The van der Waals surface area contributed by atoms with E-state index in [1.54, 1.807) is 6.07 Å². The number of piperazine rings is 1. The van der Waals surface area contributed by atoms with Crippen LogP contribution in [0.2, 0.25) is 0 Å². The van der Waals surface area contributed by atoms with E-state index in [9.17, 15) is 18.0 Å². The number of fused-ring (bicyclic) bond motifs is 2. The Hall–Kier alpha value is -3.33. The van der Waals surface area contributed by atoms with Crippen molar-refractivity contribution in [1.82, 2.24) is 14.7 Å². The van der Waals surface area contributed by atoms with Crippen molar-refractivity contribution in [3.8, 4) is 11.3 Å². The smallest absolute Gasteiger partial charge is 0.416 e. The summed E-state index contributed by atoms with van der Waals surface area (Å²) in [5.41, 5.74) is 0.621. The van der Waals surface area contributed by atoms with Gasteiger partial charge in [-0.15, -0.1) is 0 Å². The van der Waals surface area contributed by atoms with Crippen LogP contribution in [0.1, 0.15) is 12.5 Å². The van der Waals surface area contributed by atoms with Gasteiger partial charge in [-0.1, -0.05) is 0 Å². The fourth-order valence-electron chi connectivity index (χ4n) is 3.93. The number of imidazole rings is 1. The van der Waals surface area contributed by atoms with Crippen LogP contribution in [0.5, 0.6) is 0 Å². The van der Waals surface area contributed by atoms with Gasteiger partial charge in [0, 0.05) is 55.2 Å². The van der Waals surface area contributed by atoms with Crippen LogP contribution in [-0.4, -0.2) is 35.1 Å². The van der Waals surface area contributed by atoms with Crippen molar-refractivity contribution < 1.29 is 17.6 Å². The number of hydrogen-bond acceptors (Lipinski definition) is 5. The minimum absolute atomic E-state index is 0.104. The quantitative estimate of drug-likeness (QED) is 0.491. The van der Waals surface area contributed by atoms with Crippen LogP contribution in [0.4, 0.5) is 18.9 Å². The van der Waals surface area contributed by atoms with Crippen molar-refractivity contribution in [1.29, 1.82) is 0 Å². The van der Waals surface area contributed by atoms with E-state index in [2.05, 4.69) is 22.1 Å². The molecule has 0 saturated carbocycles. The molecule has 0 amide bonds. The molecule has 0 unspecified atom stereocenters. The second kappa shape index (κ2) is 7.12. The van der Waals surface area contributed by atoms with Crippen molar-refractivity contribution in [2.45, 2.75) is 19.1 Å². The number of anilines is 1. The SMILES string of the molecule is C[C@H]1CN(c2ccc3cc(-c4cn5ccc(C(F)(F)F)cc5n4)c(=O)oc3c2)CCN1. The standard InChI is InChI=1S/C22H19F3N4O2/c1-13-11-28(7-5-26-13)16-3-2-14-8-17(21(30)31-19(14)10-16)18-12-29-6-4-15(22(23,24)25)9-20(29)27-18/h2-4,6,8-10,12-13,26H,5,7,11H2,1H3/t13-/m0/s1. The zero-order valence-electron chi connectivity index (χ0n) is 16.6. The molecule has 1 aliphatic rings. The van der Waals surface area contributed by atoms with Crippen LogP contribution in [0, 0.1) is 0 Å². The van der Waals surface area contributed by atoms with Crippen molar-refractivity contribution in [2.24, 2.45) is 0 Å². The lowest BCUT2D eigenvalue weighted by Crippen LogP contribution is -2.49. The molecule has 1 N–H and O–H groups in total. The number of rotatable bonds is 2. The summed E-state index contributed by atoms with van der Waals surface area (Å²) in [6.07, 6.45) is -1.67. The predicted molar refractivity (Wildman–Crippen MR) is 111 cm³/mol. The molecule has 6 nitrogen and oxygen atoms in total. The van der Waals surface area contributed by atoms with E-state index in [0.717, 1.165) is 42.8 Å². The number of hydrogen-bond donors (Lipinski definition) is 1. The van der Waals surface area contributed by atoms with E-state index in [1.165, 1.54) is 16.8 Å². The Morgan fingerprint density at radius 2 is 2.03 bits per heavy atom. The summed E-state index contributed by atoms with van der Waals surface area (Å²) < 4.78 is 45.9. The number of alkyl halides is 3. The van der Waals surface area contributed by atoms with E-state index in [1.807, 2.05) is 18.2 Å². The maximum atomic E-state index is 13.0. The molecule has 9 heteroatoms. The summed E-state index contributed by atoms with van der Waals surface area (Å²) in [7, 11) is 0. The molecule has 1 fully saturated rings. The summed E-state index contributed by atoms with van der Waals surface area (Å²) in [6, 6.07) is 9.65. The third-order valence-corrected chi connectivity index (χ3v) is 5.52. The molecular formula is C22H19F3N4O2. The van der Waals surface area contributed by atoms with Crippen LogP contribution >= 0.6 is 0 Å². The number of pyridine rings is 1. The Morgan fingerprint density at radius 1 is 1.19 bits per heavy atom. The van der Waals surface area contributed by atoms with Gasteiger partial charge in [0.2, 0.25) is 0 Å². The molecule has 1 saturated heterocycles. The second-order valence-electron chi connectivity index (χ2n) is 7.78. The highest BCUT2D eigenvalue weighted by molar-refractivity contribution is 5.84. The summed E-state index contributed by atoms with van der Waals surface area (Å²) in [4.78, 5) is 19.1. The van der Waals surface area contributed by atoms with Gasteiger partial charge in [-0.2, -0.15) is 13.2 Å². The Balaban J connectivity index is 1.54. The van der Waals surface area contributed by atoms with E-state index in [0.29, 0.717) is 11.6 Å². The molecule has 0 bridgehead atoms. The first-order valence-electron chi connectivity index (χ1n) is 9.90. The maximum Gasteiger partial charge on any atom is 0.416 e. The molecule has 0 radical (unpaired) electrons. The first kappa shape index (κ1) is 19.6. The minimum atomic E-state index is -4.46. The van der Waals surface area contributed by atoms with Gasteiger partial charge in [0.25, 0.3) is 0 Å². The summed E-state index contributed by atoms with van der Waals surface area (Å²) in [5.74, 6) is 0. The zero-order valence-corrected chi connectivity index (χ0v) is 16.6. The summed E-state index contributed by atoms with van der Waals surface area (Å²) in [6.45, 7) is 4.71. The summed E-state index contributed by atoms with van der Waals surface area (Å²) in [5, 5.41) is 4.11. The van der Waals surface area contributed by atoms with Gasteiger partial charge in [0.05, 0.1) is 16.8 Å². The van der Waals surface area contributed by atoms with Gasteiger partial charge >= 0.3 is 11.8 Å². The predicted octanol–water partition coefficient (Wildman–Crippen LogP) is 3.92. The topological polar surface area (TPSA) is 62.8 Å². The van der Waals surface area contributed by atoms with E-state index < -0.39 is 17.4 Å². The summed E-state index contributed by atoms with van der Waals surface area (Å²) >= 11 is 0. The molecule has 0 aliphatic carbocycles. The Labute approximate surface area is 174 Å². The highest BCUT2D eigenvalue weighted by Crippen LogP contribution is 2.31. The molecule has 3 aromatic heterocycles. The third kappa shape index (κ3) is 3.65. The fourth-order valence-corrected chi connectivity index (χ4v) is 3.93. The number of aromatic nitrogens is 2. The molecule has 1 aliphatic heterocycles. The molecule has 4 heterocycles. The van der Waals surface area contributed by atoms with E-state index in [-0.39, 0.29) is 16.9 Å². The molecule has 5 rings (SSSR count). The molecule has 160 valence electrons. The highest BCUT2D eigenvalue weighted by Gasteiger charge is 2.31. The van der Waals surface area contributed by atoms with Crippen molar-refractivity contribution in [3.05, 3.63) is 64.8 Å². The van der Waals surface area contributed by atoms with Crippen molar-refractivity contribution in [3.63, 3.8) is 0 Å². The van der Waals surface area contributed by atoms with Crippen LogP contribution in [0.25, 0.3) is 27.9 Å². The fraction of sp³-hybridized carbons (Fsp3) is 0.273. The lowest BCUT2D eigenvalue weighted by Gasteiger charge is -2.33. The van der Waals surface area contributed by atoms with Crippen molar-refractivity contribution >= 4 is 22.3 Å². The highest BCUT2D eigenvalue weighted by atomic mass is 19.4. The van der Waals surface area contributed by atoms with E-state index >= 15 is 0 Å². The zero-order chi connectivity index (χ0) is 21.8. The van der Waals surface area contributed by atoms with Gasteiger partial charge in [0.15, 0.2) is 0 Å². The normalized spacial score (nSPS) is 17.5. The largest absolute Gasteiger partial charge is 0.422 e. The van der Waals surface area contributed by atoms with Gasteiger partial charge in [-0.3, -0.25) is 0 Å². The number of nitrogens with one attached hydrogen (secondary N) is 1. The Kier molecular flexibility index (Phi) is 4.51. The van der Waals surface area contributed by atoms with Gasteiger partial charge < -0.3 is 19.0 Å². The average Bonchev–Trinajstić information content (AvgIpc) is 3.15. The van der Waals surface area contributed by atoms with Crippen LogP contribution < -0.4 is 15.8 Å². The average molecular weight is 428 g/mol. The molecule has 31 heavy (non-hydrogen) atoms. The first-order chi connectivity index (χ1) is 14.8. The maximum absolute atomic E-state index is 13.0. The minimum Gasteiger partial charge on any atom is -0.422 e. The molecule has 1 aromatic carbocycles. The van der Waals surface area contributed by atoms with Crippen LogP contribution in [0.3, 0.4) is 0 Å². The Morgan fingerprint density at radius 3 is 2.81 bits per heavy atom. The second-order valence-corrected chi connectivity index (χ2v) is 7.78. The number of nitrogens with zero attached hydrogens (tertiary/aromatic N) is 3. The van der Waals surface area contributed by atoms with Gasteiger partial charge in [-0.05, 0) is 37.3 Å². The molecule has 4 aromatic rings. The number of benzene rings is 1. The van der Waals surface area contributed by atoms with Crippen molar-refractivity contribution in [2.75, 3.05) is 24.5 Å². The lowest BCUT2D eigenvalue weighted by atomic mass is 10.1. The number of halogens is 3. The molecular weight excluding hydrogens is 409 g/mol. The Bertz CT molecular complexity index is 1340. The lowest BCUT2D eigenvalue weighted by molar-refractivity contribution is -0.137. The van der Waals surface area contributed by atoms with E-state index in [4.69, 9.17) is 4.42 Å². The van der Waals surface area contributed by atoms with Crippen LogP contribution in [-0.2, 0) is 6.18 Å². The monoisotopic (exact) mass is 428 g/mol.